The van der Waals surface area contributed by atoms with Crippen LogP contribution in [0.15, 0.2) is 47.2 Å². The Labute approximate surface area is 194 Å². The van der Waals surface area contributed by atoms with Gasteiger partial charge in [-0.15, -0.1) is 22.7 Å². The van der Waals surface area contributed by atoms with Crippen molar-refractivity contribution in [2.24, 2.45) is 0 Å². The highest BCUT2D eigenvalue weighted by Gasteiger charge is 2.23. The second kappa shape index (κ2) is 11.3. The van der Waals surface area contributed by atoms with Gasteiger partial charge in [-0.3, -0.25) is 9.69 Å². The molecule has 0 aliphatic rings. The van der Waals surface area contributed by atoms with Gasteiger partial charge in [-0.25, -0.2) is 4.79 Å². The molecule has 0 aliphatic carbocycles. The number of nitrogens with zero attached hydrogens (tertiary/aromatic N) is 1. The summed E-state index contributed by atoms with van der Waals surface area (Å²) in [5.41, 5.74) is 1.18. The molecule has 1 aromatic carbocycles. The van der Waals surface area contributed by atoms with Gasteiger partial charge in [-0.05, 0) is 49.7 Å². The second-order valence-corrected chi connectivity index (χ2v) is 8.90. The van der Waals surface area contributed by atoms with Gasteiger partial charge in [-0.2, -0.15) is 0 Å². The van der Waals surface area contributed by atoms with E-state index < -0.39 is 5.97 Å². The summed E-state index contributed by atoms with van der Waals surface area (Å²) in [7, 11) is 1.84. The molecule has 0 radical (unpaired) electrons. The molecule has 0 spiro atoms. The molecule has 0 aliphatic heterocycles. The fraction of sp³-hybridized carbons (Fsp3) is 0.273. The molecular weight excluding hydrogens is 456 g/mol. The van der Waals surface area contributed by atoms with Crippen LogP contribution >= 0.6 is 34.3 Å². The number of thiophene rings is 2. The third-order valence-electron chi connectivity index (χ3n) is 4.28. The Morgan fingerprint density at radius 1 is 1.16 bits per heavy atom. The van der Waals surface area contributed by atoms with E-state index in [1.807, 2.05) is 34.8 Å². The Morgan fingerprint density at radius 3 is 2.61 bits per heavy atom. The monoisotopic (exact) mass is 478 g/mol. The predicted octanol–water partition coefficient (Wildman–Crippen LogP) is 5.26. The van der Waals surface area contributed by atoms with Crippen molar-refractivity contribution in [3.8, 4) is 16.2 Å². The van der Waals surface area contributed by atoms with Crippen molar-refractivity contribution in [2.75, 3.05) is 38.7 Å². The minimum atomic E-state index is -0.438. The van der Waals surface area contributed by atoms with E-state index in [0.717, 1.165) is 16.2 Å². The number of ether oxygens (including phenoxy) is 2. The van der Waals surface area contributed by atoms with Crippen LogP contribution in [0, 0.1) is 0 Å². The molecular formula is C22H23ClN2O4S2. The van der Waals surface area contributed by atoms with Gasteiger partial charge in [-0.1, -0.05) is 17.7 Å². The molecule has 0 unspecified atom stereocenters. The Hall–Kier alpha value is -2.39. The van der Waals surface area contributed by atoms with Gasteiger partial charge in [0.15, 0.2) is 0 Å². The topological polar surface area (TPSA) is 67.9 Å². The molecule has 0 saturated heterocycles. The molecule has 3 aromatic rings. The summed E-state index contributed by atoms with van der Waals surface area (Å²) in [4.78, 5) is 27.9. The maximum atomic E-state index is 12.6. The minimum Gasteiger partial charge on any atom is -0.492 e. The highest BCUT2D eigenvalue weighted by Crippen LogP contribution is 2.38. The van der Waals surface area contributed by atoms with E-state index in [-0.39, 0.29) is 19.1 Å². The molecule has 0 bridgehead atoms. The van der Waals surface area contributed by atoms with Gasteiger partial charge in [0.2, 0.25) is 5.91 Å². The van der Waals surface area contributed by atoms with Crippen molar-refractivity contribution in [3.63, 3.8) is 0 Å². The third-order valence-corrected chi connectivity index (χ3v) is 6.33. The fourth-order valence-corrected chi connectivity index (χ4v) is 4.72. The number of amides is 1. The molecule has 164 valence electrons. The molecule has 1 amide bonds. The number of halogens is 1. The zero-order valence-corrected chi connectivity index (χ0v) is 19.6. The van der Waals surface area contributed by atoms with Gasteiger partial charge in [0, 0.05) is 27.4 Å². The number of carbonyl (C=O) groups excluding carboxylic acids is 2. The largest absolute Gasteiger partial charge is 0.492 e. The lowest BCUT2D eigenvalue weighted by Gasteiger charge is -2.16. The number of hydrogen-bond donors (Lipinski definition) is 1. The number of rotatable bonds is 10. The van der Waals surface area contributed by atoms with Crippen molar-refractivity contribution in [1.29, 1.82) is 0 Å². The van der Waals surface area contributed by atoms with Crippen LogP contribution in [-0.2, 0) is 9.53 Å². The minimum absolute atomic E-state index is 0.165. The summed E-state index contributed by atoms with van der Waals surface area (Å²) in [5.74, 6) is 0.0762. The molecule has 9 heteroatoms. The maximum Gasteiger partial charge on any atom is 0.341 e. The third kappa shape index (κ3) is 6.54. The highest BCUT2D eigenvalue weighted by atomic mass is 35.5. The zero-order chi connectivity index (χ0) is 22.2. The Balaban J connectivity index is 1.58. The normalized spacial score (nSPS) is 10.8. The van der Waals surface area contributed by atoms with Crippen LogP contribution in [0.4, 0.5) is 5.00 Å². The number of likely N-dealkylation sites (N-methyl/N-ethyl adjacent to an activating group) is 1. The average molecular weight is 479 g/mol. The molecule has 0 fully saturated rings. The average Bonchev–Trinajstić information content (AvgIpc) is 3.39. The summed E-state index contributed by atoms with van der Waals surface area (Å²) in [6.45, 7) is 3.18. The number of carbonyl (C=O) groups is 2. The molecule has 3 rings (SSSR count). The molecule has 0 saturated carbocycles. The quantitative estimate of drug-likeness (QED) is 0.403. The number of esters is 1. The molecule has 1 N–H and O–H groups in total. The van der Waals surface area contributed by atoms with Crippen LogP contribution in [0.5, 0.6) is 5.75 Å². The lowest BCUT2D eigenvalue weighted by atomic mass is 10.1. The highest BCUT2D eigenvalue weighted by molar-refractivity contribution is 7.17. The molecule has 6 nitrogen and oxygen atoms in total. The van der Waals surface area contributed by atoms with Gasteiger partial charge in [0.25, 0.3) is 0 Å². The van der Waals surface area contributed by atoms with Crippen molar-refractivity contribution < 1.29 is 19.1 Å². The standard InChI is InChI=1S/C22H23ClN2O4S2/c1-3-28-22(27)20-17(18-5-4-12-30-18)14-31-21(20)24-19(26)13-25(2)10-11-29-16-8-6-15(23)7-9-16/h4-9,12,14H,3,10-11,13H2,1-2H3,(H,24,26). The zero-order valence-electron chi connectivity index (χ0n) is 17.2. The van der Waals surface area contributed by atoms with Crippen LogP contribution in [0.25, 0.3) is 10.4 Å². The van der Waals surface area contributed by atoms with Gasteiger partial charge >= 0.3 is 5.97 Å². The van der Waals surface area contributed by atoms with Crippen molar-refractivity contribution in [3.05, 3.63) is 57.7 Å². The predicted molar refractivity (Wildman–Crippen MR) is 127 cm³/mol. The first-order chi connectivity index (χ1) is 15.0. The Kier molecular flexibility index (Phi) is 8.48. The SMILES string of the molecule is CCOC(=O)c1c(-c2cccs2)csc1NC(=O)CN(C)CCOc1ccc(Cl)cc1. The smallest absolute Gasteiger partial charge is 0.341 e. The van der Waals surface area contributed by atoms with Crippen LogP contribution in [-0.4, -0.2) is 50.1 Å². The summed E-state index contributed by atoms with van der Waals surface area (Å²) < 4.78 is 10.9. The maximum absolute atomic E-state index is 12.6. The fourth-order valence-electron chi connectivity index (χ4n) is 2.81. The summed E-state index contributed by atoms with van der Waals surface area (Å²) in [5, 5.41) is 7.83. The van der Waals surface area contributed by atoms with E-state index >= 15 is 0 Å². The van der Waals surface area contributed by atoms with E-state index in [1.165, 1.54) is 22.7 Å². The van der Waals surface area contributed by atoms with Gasteiger partial charge < -0.3 is 14.8 Å². The van der Waals surface area contributed by atoms with Crippen LogP contribution < -0.4 is 10.1 Å². The molecule has 2 heterocycles. The van der Waals surface area contributed by atoms with Crippen LogP contribution in [0.2, 0.25) is 5.02 Å². The Morgan fingerprint density at radius 2 is 1.94 bits per heavy atom. The first kappa shape index (κ1) is 23.3. The van der Waals surface area contributed by atoms with Crippen molar-refractivity contribution >= 4 is 51.2 Å². The van der Waals surface area contributed by atoms with E-state index in [2.05, 4.69) is 5.32 Å². The molecule has 31 heavy (non-hydrogen) atoms. The number of benzene rings is 1. The summed E-state index contributed by atoms with van der Waals surface area (Å²) in [6.07, 6.45) is 0. The van der Waals surface area contributed by atoms with Crippen molar-refractivity contribution in [1.82, 2.24) is 4.90 Å². The van der Waals surface area contributed by atoms with Gasteiger partial charge in [0.05, 0.1) is 13.2 Å². The first-order valence-electron chi connectivity index (χ1n) is 9.67. The number of nitrogens with one attached hydrogen (secondary N) is 1. The van der Waals surface area contributed by atoms with Crippen LogP contribution in [0.3, 0.4) is 0 Å². The Bertz CT molecular complexity index is 1000. The summed E-state index contributed by atoms with van der Waals surface area (Å²) in [6, 6.07) is 11.0. The molecule has 2 aromatic heterocycles. The number of anilines is 1. The molecule has 0 atom stereocenters. The first-order valence-corrected chi connectivity index (χ1v) is 11.8. The van der Waals surface area contributed by atoms with E-state index in [0.29, 0.717) is 28.7 Å². The number of hydrogen-bond acceptors (Lipinski definition) is 7. The van der Waals surface area contributed by atoms with E-state index in [1.54, 1.807) is 31.2 Å². The van der Waals surface area contributed by atoms with Crippen molar-refractivity contribution in [2.45, 2.75) is 6.92 Å². The second-order valence-electron chi connectivity index (χ2n) is 6.64. The lowest BCUT2D eigenvalue weighted by molar-refractivity contribution is -0.117. The van der Waals surface area contributed by atoms with E-state index in [4.69, 9.17) is 21.1 Å². The van der Waals surface area contributed by atoms with Gasteiger partial charge in [0.1, 0.15) is 22.9 Å². The lowest BCUT2D eigenvalue weighted by Crippen LogP contribution is -2.33. The van der Waals surface area contributed by atoms with Crippen LogP contribution in [0.1, 0.15) is 17.3 Å². The summed E-state index contributed by atoms with van der Waals surface area (Å²) >= 11 is 8.72. The van der Waals surface area contributed by atoms with E-state index in [9.17, 15) is 9.59 Å².